The Hall–Kier alpha value is -2.20. The normalized spacial score (nSPS) is 28.8. The summed E-state index contributed by atoms with van der Waals surface area (Å²) in [6.45, 7) is 0. The van der Waals surface area contributed by atoms with Gasteiger partial charge in [-0.15, -0.1) is 0 Å². The van der Waals surface area contributed by atoms with Gasteiger partial charge in [-0.1, -0.05) is 11.8 Å². The number of ether oxygens (including phenoxy) is 4. The molecule has 1 N–H and O–H groups in total. The molecule has 0 radical (unpaired) electrons. The lowest BCUT2D eigenvalue weighted by Crippen LogP contribution is -2.46. The zero-order valence-electron chi connectivity index (χ0n) is 14.6. The highest BCUT2D eigenvalue weighted by molar-refractivity contribution is 8.02. The number of benzene rings is 1. The van der Waals surface area contributed by atoms with Crippen molar-refractivity contribution in [1.82, 2.24) is 0 Å². The second kappa shape index (κ2) is 5.90. The summed E-state index contributed by atoms with van der Waals surface area (Å²) in [6.07, 6.45) is -2.13. The quantitative estimate of drug-likeness (QED) is 0.782. The van der Waals surface area contributed by atoms with Crippen LogP contribution in [0.2, 0.25) is 0 Å². The van der Waals surface area contributed by atoms with Crippen molar-refractivity contribution in [3.05, 3.63) is 17.9 Å². The number of esters is 1. The van der Waals surface area contributed by atoms with Crippen LogP contribution in [-0.2, 0) is 15.1 Å². The smallest absolute Gasteiger partial charge is 0.322 e. The molecule has 0 amide bonds. The Bertz CT molecular complexity index is 930. The predicted octanol–water partition coefficient (Wildman–Crippen LogP) is 2.67. The highest BCUT2D eigenvalue weighted by Gasteiger charge is 2.69. The molecule has 1 aromatic carbocycles. The van der Waals surface area contributed by atoms with Crippen molar-refractivity contribution in [3.63, 3.8) is 0 Å². The molecule has 3 heterocycles. The van der Waals surface area contributed by atoms with Gasteiger partial charge in [0.2, 0.25) is 10.7 Å². The first-order valence-corrected chi connectivity index (χ1v) is 8.81. The first kappa shape index (κ1) is 18.2. The van der Waals surface area contributed by atoms with Crippen molar-refractivity contribution in [2.75, 3.05) is 21.3 Å². The number of carbonyl (C=O) groups is 1. The average Bonchev–Trinajstić information content (AvgIpc) is 3.21. The van der Waals surface area contributed by atoms with Gasteiger partial charge < -0.3 is 28.5 Å². The molecule has 1 saturated heterocycles. The zero-order valence-corrected chi connectivity index (χ0v) is 15.4. The Labute approximate surface area is 156 Å². The molecule has 0 aliphatic carbocycles. The van der Waals surface area contributed by atoms with E-state index < -0.39 is 34.6 Å². The minimum Gasteiger partial charge on any atom is -0.495 e. The third-order valence-corrected chi connectivity index (χ3v) is 6.53. The molecular weight excluding hydrogens is 386 g/mol. The Morgan fingerprint density at radius 1 is 1.33 bits per heavy atom. The second-order valence-corrected chi connectivity index (χ2v) is 7.67. The third kappa shape index (κ3) is 2.19. The number of rotatable bonds is 4. The van der Waals surface area contributed by atoms with Crippen LogP contribution < -0.4 is 14.2 Å². The van der Waals surface area contributed by atoms with Crippen LogP contribution in [0.3, 0.4) is 0 Å². The minimum atomic E-state index is -2.99. The van der Waals surface area contributed by atoms with Crippen LogP contribution in [0, 0.1) is 0 Å². The highest BCUT2D eigenvalue weighted by atomic mass is 32.2. The van der Waals surface area contributed by atoms with Crippen molar-refractivity contribution >= 4 is 28.7 Å². The lowest BCUT2D eigenvalue weighted by Gasteiger charge is -2.38. The van der Waals surface area contributed by atoms with Crippen LogP contribution in [0.15, 0.2) is 16.7 Å². The van der Waals surface area contributed by atoms with Crippen molar-refractivity contribution in [1.29, 1.82) is 0 Å². The summed E-state index contributed by atoms with van der Waals surface area (Å²) in [7, 11) is 3.82. The third-order valence-electron chi connectivity index (χ3n) is 4.91. The molecule has 1 aromatic heterocycles. The van der Waals surface area contributed by atoms with E-state index in [0.29, 0.717) is 17.1 Å². The summed E-state index contributed by atoms with van der Waals surface area (Å²) >= 11 is 0.534. The van der Waals surface area contributed by atoms with Gasteiger partial charge in [0.25, 0.3) is 6.43 Å². The number of fused-ring (bicyclic) bond motifs is 5. The monoisotopic (exact) mass is 402 g/mol. The summed E-state index contributed by atoms with van der Waals surface area (Å²) in [5.41, 5.74) is -1.72. The summed E-state index contributed by atoms with van der Waals surface area (Å²) in [5.74, 6) is -0.768. The summed E-state index contributed by atoms with van der Waals surface area (Å²) in [5, 5.41) is 10.6. The fraction of sp³-hybridized carbons (Fsp3) is 0.471. The maximum atomic E-state index is 14.0. The molecule has 4 rings (SSSR count). The molecule has 7 nitrogen and oxygen atoms in total. The minimum absolute atomic E-state index is 0.0417. The number of hydrogen-bond donors (Lipinski definition) is 1. The van der Waals surface area contributed by atoms with Gasteiger partial charge in [-0.3, -0.25) is 4.79 Å². The molecule has 3 atom stereocenters. The predicted molar refractivity (Wildman–Crippen MR) is 90.6 cm³/mol. The number of methoxy groups -OCH3 is 3. The van der Waals surface area contributed by atoms with Crippen molar-refractivity contribution in [2.45, 2.75) is 28.6 Å². The zero-order chi connectivity index (χ0) is 19.6. The van der Waals surface area contributed by atoms with E-state index >= 15 is 0 Å². The van der Waals surface area contributed by atoms with Crippen LogP contribution in [0.25, 0.3) is 11.0 Å². The molecule has 2 bridgehead atoms. The van der Waals surface area contributed by atoms with E-state index in [0.717, 1.165) is 7.11 Å². The molecule has 1 fully saturated rings. The molecule has 0 spiro atoms. The van der Waals surface area contributed by atoms with Gasteiger partial charge in [0.05, 0.1) is 38.5 Å². The standard InChI is InChI=1S/C17H16F2O7S/c1-22-9-7-4-5-25-10(7)12(23-2)11-8(9)16(21)6-17(26-11,15(18)19)27-13(16)14(20)24-3/h4-5,13,15,21H,6H2,1-3H3/t13-,16+,17+/m1/s1. The highest BCUT2D eigenvalue weighted by Crippen LogP contribution is 2.66. The lowest BCUT2D eigenvalue weighted by molar-refractivity contribution is -0.147. The Kier molecular flexibility index (Phi) is 3.97. The van der Waals surface area contributed by atoms with E-state index in [1.807, 2.05) is 0 Å². The van der Waals surface area contributed by atoms with Gasteiger partial charge in [0.15, 0.2) is 11.3 Å². The molecule has 0 saturated carbocycles. The number of thioether (sulfide) groups is 1. The number of furan rings is 1. The van der Waals surface area contributed by atoms with E-state index in [1.165, 1.54) is 20.5 Å². The van der Waals surface area contributed by atoms with Crippen LogP contribution in [-0.4, -0.2) is 49.0 Å². The first-order valence-electron chi connectivity index (χ1n) is 7.93. The fourth-order valence-electron chi connectivity index (χ4n) is 3.79. The molecule has 27 heavy (non-hydrogen) atoms. The van der Waals surface area contributed by atoms with E-state index in [-0.39, 0.29) is 28.4 Å². The molecule has 146 valence electrons. The topological polar surface area (TPSA) is 87.4 Å². The van der Waals surface area contributed by atoms with E-state index in [1.54, 1.807) is 6.07 Å². The van der Waals surface area contributed by atoms with Crippen LogP contribution >= 0.6 is 11.8 Å². The molecule has 2 aliphatic heterocycles. The largest absolute Gasteiger partial charge is 0.495 e. The number of carbonyl (C=O) groups excluding carboxylic acids is 1. The lowest BCUT2D eigenvalue weighted by atomic mass is 9.81. The van der Waals surface area contributed by atoms with Crippen molar-refractivity contribution in [2.24, 2.45) is 0 Å². The van der Waals surface area contributed by atoms with Crippen LogP contribution in [0.1, 0.15) is 12.0 Å². The van der Waals surface area contributed by atoms with E-state index in [4.69, 9.17) is 23.4 Å². The summed E-state index contributed by atoms with van der Waals surface area (Å²) in [4.78, 5) is 10.2. The number of hydrogen-bond acceptors (Lipinski definition) is 8. The first-order chi connectivity index (χ1) is 12.8. The van der Waals surface area contributed by atoms with Gasteiger partial charge in [0.1, 0.15) is 16.6 Å². The molecular formula is C17H16F2O7S. The van der Waals surface area contributed by atoms with Crippen LogP contribution in [0.4, 0.5) is 8.78 Å². The van der Waals surface area contributed by atoms with E-state index in [9.17, 15) is 18.7 Å². The molecule has 0 unspecified atom stereocenters. The van der Waals surface area contributed by atoms with Gasteiger partial charge in [-0.05, 0) is 6.07 Å². The van der Waals surface area contributed by atoms with Crippen LogP contribution in [0.5, 0.6) is 17.2 Å². The number of aliphatic hydroxyl groups is 1. The maximum absolute atomic E-state index is 14.0. The molecule has 2 aliphatic rings. The molecule has 10 heteroatoms. The number of alkyl halides is 2. The Morgan fingerprint density at radius 3 is 2.63 bits per heavy atom. The Balaban J connectivity index is 2.09. The summed E-state index contributed by atoms with van der Waals surface area (Å²) < 4.78 is 54.6. The average molecular weight is 402 g/mol. The van der Waals surface area contributed by atoms with Gasteiger partial charge in [0, 0.05) is 6.42 Å². The Morgan fingerprint density at radius 2 is 2.04 bits per heavy atom. The van der Waals surface area contributed by atoms with Crippen molar-refractivity contribution in [3.8, 4) is 17.2 Å². The van der Waals surface area contributed by atoms with Gasteiger partial charge >= 0.3 is 5.97 Å². The van der Waals surface area contributed by atoms with Gasteiger partial charge in [-0.25, -0.2) is 8.78 Å². The molecule has 2 aromatic rings. The SMILES string of the molecule is COC(=O)[C@H]1S[C@]2(C(F)F)C[C@]1(O)c1c(c(OC)c3occc3c1OC)O2. The maximum Gasteiger partial charge on any atom is 0.322 e. The van der Waals surface area contributed by atoms with E-state index in [2.05, 4.69) is 0 Å². The summed E-state index contributed by atoms with van der Waals surface area (Å²) in [6, 6.07) is 1.59. The fourth-order valence-corrected chi connectivity index (χ4v) is 5.31. The second-order valence-electron chi connectivity index (χ2n) is 6.27. The van der Waals surface area contributed by atoms with Crippen molar-refractivity contribution < 1.29 is 42.0 Å². The number of halogens is 2. The van der Waals surface area contributed by atoms with Gasteiger partial charge in [-0.2, -0.15) is 0 Å².